The van der Waals surface area contributed by atoms with Gasteiger partial charge in [0.05, 0.1) is 23.9 Å². The molecule has 0 spiro atoms. The summed E-state index contributed by atoms with van der Waals surface area (Å²) in [4.78, 5) is 9.00. The van der Waals surface area contributed by atoms with E-state index >= 15 is 0 Å². The minimum absolute atomic E-state index is 0.272. The van der Waals surface area contributed by atoms with Crippen LogP contribution in [0.15, 0.2) is 53.6 Å². The summed E-state index contributed by atoms with van der Waals surface area (Å²) in [6, 6.07) is 12.4. The Bertz CT molecular complexity index is 1450. The van der Waals surface area contributed by atoms with Crippen molar-refractivity contribution < 1.29 is 13.2 Å². The predicted octanol–water partition coefficient (Wildman–Crippen LogP) is 5.04. The third kappa shape index (κ3) is 5.13. The number of nitrogens with zero attached hydrogens (tertiary/aromatic N) is 3. The van der Waals surface area contributed by atoms with Crippen molar-refractivity contribution in [2.24, 2.45) is 0 Å². The molecule has 0 saturated heterocycles. The number of aromatic nitrogens is 4. The van der Waals surface area contributed by atoms with Crippen LogP contribution in [0.1, 0.15) is 11.3 Å². The number of hydrogen-bond donors (Lipinski definition) is 3. The first-order chi connectivity index (χ1) is 16.1. The van der Waals surface area contributed by atoms with E-state index in [1.165, 1.54) is 12.5 Å². The van der Waals surface area contributed by atoms with Crippen LogP contribution >= 0.6 is 11.6 Å². The van der Waals surface area contributed by atoms with Gasteiger partial charge in [-0.25, -0.2) is 13.4 Å². The van der Waals surface area contributed by atoms with Gasteiger partial charge in [-0.15, -0.1) is 0 Å². The average molecular weight is 499 g/mol. The zero-order valence-electron chi connectivity index (χ0n) is 19.0. The first kappa shape index (κ1) is 23.5. The number of nitrogens with one attached hydrogen (secondary N) is 3. The Labute approximate surface area is 202 Å². The Balaban J connectivity index is 1.63. The van der Waals surface area contributed by atoms with Gasteiger partial charge in [0.15, 0.2) is 21.5 Å². The van der Waals surface area contributed by atoms with Crippen molar-refractivity contribution in [2.75, 3.05) is 24.0 Å². The van der Waals surface area contributed by atoms with Gasteiger partial charge in [-0.05, 0) is 54.8 Å². The van der Waals surface area contributed by atoms with Gasteiger partial charge in [-0.2, -0.15) is 10.1 Å². The molecule has 0 atom stereocenters. The molecule has 0 saturated carbocycles. The van der Waals surface area contributed by atoms with Crippen LogP contribution in [0, 0.1) is 13.8 Å². The Morgan fingerprint density at radius 2 is 1.79 bits per heavy atom. The Morgan fingerprint density at radius 3 is 2.41 bits per heavy atom. The second-order valence-electron chi connectivity index (χ2n) is 7.74. The van der Waals surface area contributed by atoms with Gasteiger partial charge in [-0.3, -0.25) is 5.10 Å². The maximum Gasteiger partial charge on any atom is 0.229 e. The smallest absolute Gasteiger partial charge is 0.229 e. The van der Waals surface area contributed by atoms with Gasteiger partial charge in [0.2, 0.25) is 5.95 Å². The molecule has 4 rings (SSSR count). The quantitative estimate of drug-likeness (QED) is 0.324. The van der Waals surface area contributed by atoms with E-state index in [1.807, 2.05) is 32.0 Å². The van der Waals surface area contributed by atoms with Crippen LogP contribution in [-0.2, 0) is 9.84 Å². The highest BCUT2D eigenvalue weighted by Crippen LogP contribution is 2.36. The zero-order chi connectivity index (χ0) is 24.5. The maximum absolute atomic E-state index is 11.8. The molecule has 2 aromatic carbocycles. The van der Waals surface area contributed by atoms with Crippen molar-refractivity contribution in [1.82, 2.24) is 20.2 Å². The van der Waals surface area contributed by atoms with E-state index < -0.39 is 9.84 Å². The number of aryl methyl sites for hydroxylation is 2. The number of anilines is 4. The van der Waals surface area contributed by atoms with Crippen LogP contribution in [-0.4, -0.2) is 41.9 Å². The molecule has 3 N–H and O–H groups in total. The van der Waals surface area contributed by atoms with E-state index in [4.69, 9.17) is 16.3 Å². The predicted molar refractivity (Wildman–Crippen MR) is 133 cm³/mol. The summed E-state index contributed by atoms with van der Waals surface area (Å²) in [5, 5.41) is 13.6. The van der Waals surface area contributed by atoms with Crippen molar-refractivity contribution in [3.63, 3.8) is 0 Å². The van der Waals surface area contributed by atoms with Gasteiger partial charge in [0, 0.05) is 18.0 Å². The Kier molecular flexibility index (Phi) is 6.45. The fourth-order valence-corrected chi connectivity index (χ4v) is 4.15. The van der Waals surface area contributed by atoms with Crippen LogP contribution in [0.2, 0.25) is 5.02 Å². The summed E-state index contributed by atoms with van der Waals surface area (Å²) < 4.78 is 29.1. The minimum Gasteiger partial charge on any atom is -0.495 e. The molecule has 0 aliphatic rings. The van der Waals surface area contributed by atoms with Crippen LogP contribution in [0.25, 0.3) is 11.1 Å². The second-order valence-corrected chi connectivity index (χ2v) is 10.2. The average Bonchev–Trinajstić information content (AvgIpc) is 3.20. The first-order valence-corrected chi connectivity index (χ1v) is 12.5. The highest BCUT2D eigenvalue weighted by molar-refractivity contribution is 7.90. The van der Waals surface area contributed by atoms with Crippen molar-refractivity contribution in [3.8, 4) is 16.9 Å². The first-order valence-electron chi connectivity index (χ1n) is 10.2. The Hall–Kier alpha value is -3.63. The van der Waals surface area contributed by atoms with Crippen LogP contribution in [0.5, 0.6) is 5.75 Å². The van der Waals surface area contributed by atoms with E-state index in [0.29, 0.717) is 34.0 Å². The molecule has 0 bridgehead atoms. The summed E-state index contributed by atoms with van der Waals surface area (Å²) >= 11 is 6.25. The molecule has 176 valence electrons. The third-order valence-electron chi connectivity index (χ3n) is 5.08. The molecule has 11 heteroatoms. The number of halogens is 1. The molecule has 0 amide bonds. The zero-order valence-corrected chi connectivity index (χ0v) is 20.5. The summed E-state index contributed by atoms with van der Waals surface area (Å²) in [6.45, 7) is 3.85. The fraction of sp³-hybridized carbons (Fsp3) is 0.174. The molecule has 0 fully saturated rings. The molecule has 4 aromatic rings. The standard InChI is InChI=1S/C23H23ClN6O3S/c1-13-9-19(20(33-3)11-17(13)15-5-7-16(8-6-15)34(4,31)32)26-23-25-12-18(24)22(28-23)27-21-10-14(2)29-30-21/h5-12H,1-4H3,(H3,25,26,27,28,29,30). The molecule has 34 heavy (non-hydrogen) atoms. The van der Waals surface area contributed by atoms with Crippen molar-refractivity contribution in [3.05, 3.63) is 64.9 Å². The number of rotatable bonds is 7. The number of sulfone groups is 1. The second kappa shape index (κ2) is 9.32. The van der Waals surface area contributed by atoms with Gasteiger partial charge in [0.1, 0.15) is 10.8 Å². The van der Waals surface area contributed by atoms with Crippen molar-refractivity contribution in [2.45, 2.75) is 18.7 Å². The van der Waals surface area contributed by atoms with Crippen LogP contribution in [0.4, 0.5) is 23.3 Å². The third-order valence-corrected chi connectivity index (χ3v) is 6.49. The van der Waals surface area contributed by atoms with E-state index in [9.17, 15) is 8.42 Å². The maximum atomic E-state index is 11.8. The number of hydrogen-bond acceptors (Lipinski definition) is 8. The van der Waals surface area contributed by atoms with E-state index in [1.54, 1.807) is 31.4 Å². The van der Waals surface area contributed by atoms with Crippen molar-refractivity contribution >= 4 is 44.7 Å². The van der Waals surface area contributed by atoms with Gasteiger partial charge in [-0.1, -0.05) is 23.7 Å². The van der Waals surface area contributed by atoms with E-state index in [-0.39, 0.29) is 4.90 Å². The summed E-state index contributed by atoms with van der Waals surface area (Å²) in [5.41, 5.74) is 4.31. The van der Waals surface area contributed by atoms with E-state index in [0.717, 1.165) is 22.4 Å². The molecular formula is C23H23ClN6O3S. The molecule has 0 radical (unpaired) electrons. The summed E-state index contributed by atoms with van der Waals surface area (Å²) in [7, 11) is -1.69. The minimum atomic E-state index is -3.26. The Morgan fingerprint density at radius 1 is 1.06 bits per heavy atom. The number of H-pyrrole nitrogens is 1. The molecule has 0 aliphatic carbocycles. The van der Waals surface area contributed by atoms with Crippen molar-refractivity contribution in [1.29, 1.82) is 0 Å². The molecule has 9 nitrogen and oxygen atoms in total. The molecule has 0 aliphatic heterocycles. The van der Waals surface area contributed by atoms with E-state index in [2.05, 4.69) is 30.8 Å². The molecule has 2 heterocycles. The molecule has 0 unspecified atom stereocenters. The molecular weight excluding hydrogens is 476 g/mol. The lowest BCUT2D eigenvalue weighted by Crippen LogP contribution is -2.03. The SMILES string of the molecule is COc1cc(-c2ccc(S(C)(=O)=O)cc2)c(C)cc1Nc1ncc(Cl)c(Nc2cc(C)[nH]n2)n1. The highest BCUT2D eigenvalue weighted by Gasteiger charge is 2.14. The lowest BCUT2D eigenvalue weighted by Gasteiger charge is -2.15. The van der Waals surface area contributed by atoms with Gasteiger partial charge in [0.25, 0.3) is 0 Å². The number of aromatic amines is 1. The lowest BCUT2D eigenvalue weighted by atomic mass is 9.99. The highest BCUT2D eigenvalue weighted by atomic mass is 35.5. The fourth-order valence-electron chi connectivity index (χ4n) is 3.39. The summed E-state index contributed by atoms with van der Waals surface area (Å²) in [5.74, 6) is 1.89. The number of benzene rings is 2. The number of ether oxygens (including phenoxy) is 1. The number of methoxy groups -OCH3 is 1. The topological polar surface area (TPSA) is 122 Å². The summed E-state index contributed by atoms with van der Waals surface area (Å²) in [6.07, 6.45) is 2.68. The van der Waals surface area contributed by atoms with Gasteiger partial charge >= 0.3 is 0 Å². The normalized spacial score (nSPS) is 11.3. The van der Waals surface area contributed by atoms with Gasteiger partial charge < -0.3 is 15.4 Å². The van der Waals surface area contributed by atoms with Crippen LogP contribution < -0.4 is 15.4 Å². The largest absolute Gasteiger partial charge is 0.495 e. The van der Waals surface area contributed by atoms with Crippen LogP contribution in [0.3, 0.4) is 0 Å². The monoisotopic (exact) mass is 498 g/mol. The molecule has 2 aromatic heterocycles. The lowest BCUT2D eigenvalue weighted by molar-refractivity contribution is 0.417.